The molecule has 0 amide bonds. The molecule has 0 saturated heterocycles. The molecule has 2 aromatic heterocycles. The summed E-state index contributed by atoms with van der Waals surface area (Å²) in [4.78, 5) is 30.9. The number of hydrogen-bond donors (Lipinski definition) is 2. The molecule has 3 aromatic rings. The second-order valence-corrected chi connectivity index (χ2v) is 7.43. The lowest BCUT2D eigenvalue weighted by Gasteiger charge is -2.05. The number of rotatable bonds is 4. The lowest BCUT2D eigenvalue weighted by molar-refractivity contribution is -0.136. The van der Waals surface area contributed by atoms with Gasteiger partial charge in [0.15, 0.2) is 5.16 Å². The van der Waals surface area contributed by atoms with E-state index in [4.69, 9.17) is 16.7 Å². The van der Waals surface area contributed by atoms with Crippen LogP contribution in [0.3, 0.4) is 0 Å². The van der Waals surface area contributed by atoms with Crippen LogP contribution in [0.15, 0.2) is 39.6 Å². The number of benzene rings is 1. The number of H-pyrrole nitrogens is 1. The molecule has 1 aromatic carbocycles. The van der Waals surface area contributed by atoms with E-state index in [9.17, 15) is 9.59 Å². The maximum Gasteiger partial charge on any atom is 0.316 e. The minimum Gasteiger partial charge on any atom is -0.480 e. The maximum absolute atomic E-state index is 12.4. The van der Waals surface area contributed by atoms with Crippen LogP contribution in [-0.2, 0) is 4.79 Å². The molecule has 23 heavy (non-hydrogen) atoms. The quantitative estimate of drug-likeness (QED) is 0.541. The fourth-order valence-electron chi connectivity index (χ4n) is 2.04. The second-order valence-electron chi connectivity index (χ2n) is 4.81. The topological polar surface area (TPSA) is 83.0 Å². The first kappa shape index (κ1) is 16.0. The predicted octanol–water partition coefficient (Wildman–Crippen LogP) is 3.87. The van der Waals surface area contributed by atoms with Crippen LogP contribution in [0.1, 0.15) is 6.92 Å². The highest BCUT2D eigenvalue weighted by Crippen LogP contribution is 2.32. The van der Waals surface area contributed by atoms with Crippen LogP contribution in [0.25, 0.3) is 21.3 Å². The lowest BCUT2D eigenvalue weighted by Crippen LogP contribution is -2.14. The van der Waals surface area contributed by atoms with Gasteiger partial charge in [0.2, 0.25) is 0 Å². The number of nitrogens with one attached hydrogen (secondary N) is 1. The highest BCUT2D eigenvalue weighted by Gasteiger charge is 2.17. The molecule has 1 unspecified atom stereocenters. The first-order valence-corrected chi connectivity index (χ1v) is 8.76. The number of carboxylic acids is 1. The number of carboxylic acid groups (broad SMARTS) is 1. The van der Waals surface area contributed by atoms with Crippen molar-refractivity contribution in [2.45, 2.75) is 17.3 Å². The standard InChI is InChI=1S/C15H11ClN2O3S2/c1-7(14(20)21)23-15-17-12(19)11-10(6-22-13(11)18-15)8-2-4-9(16)5-3-8/h2-7H,1H3,(H,20,21)(H,17,18,19). The molecular weight excluding hydrogens is 356 g/mol. The molecule has 0 fully saturated rings. The molecule has 2 N–H and O–H groups in total. The van der Waals surface area contributed by atoms with Crippen molar-refractivity contribution in [1.29, 1.82) is 0 Å². The normalized spacial score (nSPS) is 12.4. The number of carbonyl (C=O) groups is 1. The smallest absolute Gasteiger partial charge is 0.316 e. The number of thiophene rings is 1. The second kappa shape index (κ2) is 6.35. The van der Waals surface area contributed by atoms with Crippen LogP contribution in [-0.4, -0.2) is 26.3 Å². The number of aromatic amines is 1. The third-order valence-corrected chi connectivity index (χ3v) is 5.31. The van der Waals surface area contributed by atoms with Crippen LogP contribution < -0.4 is 5.56 Å². The van der Waals surface area contributed by atoms with E-state index in [0.29, 0.717) is 20.4 Å². The van der Waals surface area contributed by atoms with Crippen LogP contribution in [0.2, 0.25) is 5.02 Å². The number of thioether (sulfide) groups is 1. The Morgan fingerprint density at radius 2 is 2.09 bits per heavy atom. The van der Waals surface area contributed by atoms with Crippen molar-refractivity contribution < 1.29 is 9.90 Å². The third-order valence-electron chi connectivity index (χ3n) is 3.21. The van der Waals surface area contributed by atoms with Crippen molar-refractivity contribution in [2.75, 3.05) is 0 Å². The Morgan fingerprint density at radius 3 is 2.74 bits per heavy atom. The van der Waals surface area contributed by atoms with Crippen molar-refractivity contribution in [3.63, 3.8) is 0 Å². The Balaban J connectivity index is 2.06. The molecule has 2 heterocycles. The van der Waals surface area contributed by atoms with E-state index in [2.05, 4.69) is 9.97 Å². The fraction of sp³-hybridized carbons (Fsp3) is 0.133. The summed E-state index contributed by atoms with van der Waals surface area (Å²) in [5.74, 6) is -0.953. The third kappa shape index (κ3) is 3.26. The Bertz CT molecular complexity index is 934. The molecule has 0 saturated carbocycles. The van der Waals surface area contributed by atoms with E-state index in [1.807, 2.05) is 17.5 Å². The molecule has 1 atom stereocenters. The van der Waals surface area contributed by atoms with Gasteiger partial charge in [-0.2, -0.15) is 0 Å². The molecule has 0 spiro atoms. The Morgan fingerprint density at radius 1 is 1.39 bits per heavy atom. The van der Waals surface area contributed by atoms with Crippen molar-refractivity contribution in [3.05, 3.63) is 45.0 Å². The van der Waals surface area contributed by atoms with Gasteiger partial charge in [0.1, 0.15) is 10.1 Å². The summed E-state index contributed by atoms with van der Waals surface area (Å²) < 4.78 is 0. The van der Waals surface area contributed by atoms with Crippen molar-refractivity contribution >= 4 is 50.9 Å². The highest BCUT2D eigenvalue weighted by atomic mass is 35.5. The summed E-state index contributed by atoms with van der Waals surface area (Å²) in [6.45, 7) is 1.55. The summed E-state index contributed by atoms with van der Waals surface area (Å²) in [5.41, 5.74) is 1.40. The van der Waals surface area contributed by atoms with Crippen molar-refractivity contribution in [1.82, 2.24) is 9.97 Å². The minimum atomic E-state index is -0.953. The van der Waals surface area contributed by atoms with Crippen molar-refractivity contribution in [2.24, 2.45) is 0 Å². The van der Waals surface area contributed by atoms with E-state index in [1.165, 1.54) is 11.3 Å². The number of hydrogen-bond acceptors (Lipinski definition) is 5. The molecule has 3 rings (SSSR count). The van der Waals surface area contributed by atoms with Gasteiger partial charge in [-0.1, -0.05) is 35.5 Å². The molecule has 5 nitrogen and oxygen atoms in total. The number of nitrogens with zero attached hydrogens (tertiary/aromatic N) is 1. The zero-order chi connectivity index (χ0) is 16.6. The van der Waals surface area contributed by atoms with E-state index >= 15 is 0 Å². The molecule has 8 heteroatoms. The van der Waals surface area contributed by atoms with Gasteiger partial charge in [-0.3, -0.25) is 9.59 Å². The molecule has 0 radical (unpaired) electrons. The zero-order valence-electron chi connectivity index (χ0n) is 11.9. The summed E-state index contributed by atoms with van der Waals surface area (Å²) in [7, 11) is 0. The van der Waals surface area contributed by atoms with Crippen molar-refractivity contribution in [3.8, 4) is 11.1 Å². The van der Waals surface area contributed by atoms with Gasteiger partial charge in [0, 0.05) is 16.0 Å². The van der Waals surface area contributed by atoms with E-state index in [1.54, 1.807) is 19.1 Å². The highest BCUT2D eigenvalue weighted by molar-refractivity contribution is 8.00. The Hall–Kier alpha value is -1.83. The van der Waals surface area contributed by atoms with Gasteiger partial charge in [0.05, 0.1) is 5.39 Å². The maximum atomic E-state index is 12.4. The molecule has 0 aliphatic rings. The summed E-state index contributed by atoms with van der Waals surface area (Å²) in [6.07, 6.45) is 0. The van der Waals surface area contributed by atoms with Gasteiger partial charge >= 0.3 is 5.97 Å². The van der Waals surface area contributed by atoms with Gasteiger partial charge in [-0.05, 0) is 24.6 Å². The molecule has 0 bridgehead atoms. The summed E-state index contributed by atoms with van der Waals surface area (Å²) >= 11 is 8.25. The molecular formula is C15H11ClN2O3S2. The predicted molar refractivity (Wildman–Crippen MR) is 93.6 cm³/mol. The summed E-state index contributed by atoms with van der Waals surface area (Å²) in [5, 5.41) is 11.6. The molecule has 118 valence electrons. The first-order chi connectivity index (χ1) is 11.0. The van der Waals surface area contributed by atoms with Gasteiger partial charge in [-0.15, -0.1) is 11.3 Å². The number of aromatic nitrogens is 2. The van der Waals surface area contributed by atoms with Crippen LogP contribution >= 0.6 is 34.7 Å². The van der Waals surface area contributed by atoms with E-state index in [-0.39, 0.29) is 5.56 Å². The fourth-order valence-corrected chi connectivity index (χ4v) is 3.91. The monoisotopic (exact) mass is 366 g/mol. The zero-order valence-corrected chi connectivity index (χ0v) is 14.3. The van der Waals surface area contributed by atoms with Crippen LogP contribution in [0, 0.1) is 0 Å². The first-order valence-electron chi connectivity index (χ1n) is 6.62. The number of fused-ring (bicyclic) bond motifs is 1. The Kier molecular flexibility index (Phi) is 4.43. The summed E-state index contributed by atoms with van der Waals surface area (Å²) in [6, 6.07) is 7.22. The number of halogens is 1. The molecule has 0 aliphatic heterocycles. The van der Waals surface area contributed by atoms with Crippen LogP contribution in [0.4, 0.5) is 0 Å². The Labute approximate surface area is 144 Å². The van der Waals surface area contributed by atoms with Gasteiger partial charge in [0.25, 0.3) is 5.56 Å². The van der Waals surface area contributed by atoms with E-state index in [0.717, 1.165) is 22.9 Å². The SMILES string of the molecule is CC(Sc1nc2scc(-c3ccc(Cl)cc3)c2c(=O)[nH]1)C(=O)O. The van der Waals surface area contributed by atoms with Gasteiger partial charge in [-0.25, -0.2) is 4.98 Å². The van der Waals surface area contributed by atoms with Gasteiger partial charge < -0.3 is 10.1 Å². The lowest BCUT2D eigenvalue weighted by atomic mass is 10.1. The van der Waals surface area contributed by atoms with Crippen LogP contribution in [0.5, 0.6) is 0 Å². The average Bonchev–Trinajstić information content (AvgIpc) is 2.92. The number of aliphatic carboxylic acids is 1. The van der Waals surface area contributed by atoms with E-state index < -0.39 is 11.2 Å². The minimum absolute atomic E-state index is 0.277. The largest absolute Gasteiger partial charge is 0.480 e. The average molecular weight is 367 g/mol. The molecule has 0 aliphatic carbocycles.